The Hall–Kier alpha value is -3.85. The number of aromatic nitrogens is 1. The molecule has 2 unspecified atom stereocenters. The van der Waals surface area contributed by atoms with E-state index in [0.717, 1.165) is 58.2 Å². The number of rotatable bonds is 12. The van der Waals surface area contributed by atoms with E-state index in [-0.39, 0.29) is 24.7 Å². The Morgan fingerprint density at radius 1 is 1.18 bits per heavy atom. The Morgan fingerprint density at radius 2 is 1.98 bits per heavy atom. The number of carbonyl (C=O) groups excluding carboxylic acids is 2. The van der Waals surface area contributed by atoms with Crippen LogP contribution in [0.25, 0.3) is 10.9 Å². The summed E-state index contributed by atoms with van der Waals surface area (Å²) in [7, 11) is 0. The molecule has 2 atom stereocenters. The average molecular weight is 549 g/mol. The molecule has 0 spiro atoms. The molecular weight excluding hydrogens is 508 g/mol. The van der Waals surface area contributed by atoms with Crippen LogP contribution in [0.1, 0.15) is 54.4 Å². The number of aromatic amines is 1. The van der Waals surface area contributed by atoms with Crippen molar-refractivity contribution < 1.29 is 24.2 Å². The first-order chi connectivity index (χ1) is 19.2. The third-order valence-corrected chi connectivity index (χ3v) is 7.87. The molecule has 2 amide bonds. The van der Waals surface area contributed by atoms with Crippen LogP contribution in [0.3, 0.4) is 0 Å². The van der Waals surface area contributed by atoms with Gasteiger partial charge >= 0.3 is 5.97 Å². The summed E-state index contributed by atoms with van der Waals surface area (Å²) in [5.41, 5.74) is 11.5. The molecule has 0 saturated carbocycles. The summed E-state index contributed by atoms with van der Waals surface area (Å²) in [6, 6.07) is 11.3. The van der Waals surface area contributed by atoms with Crippen LogP contribution in [0.15, 0.2) is 42.6 Å². The second-order valence-corrected chi connectivity index (χ2v) is 10.8. The third kappa shape index (κ3) is 7.63. The molecule has 1 aliphatic heterocycles. The van der Waals surface area contributed by atoms with Crippen molar-refractivity contribution in [2.75, 3.05) is 19.7 Å². The van der Waals surface area contributed by atoms with Crippen molar-refractivity contribution in [2.45, 2.75) is 65.0 Å². The van der Waals surface area contributed by atoms with Gasteiger partial charge in [0.25, 0.3) is 0 Å². The van der Waals surface area contributed by atoms with Crippen LogP contribution in [0.5, 0.6) is 5.75 Å². The third-order valence-electron chi connectivity index (χ3n) is 7.87. The van der Waals surface area contributed by atoms with E-state index in [9.17, 15) is 14.4 Å². The highest BCUT2D eigenvalue weighted by Crippen LogP contribution is 2.25. The fraction of sp³-hybridized carbons (Fsp3) is 0.452. The lowest BCUT2D eigenvalue weighted by molar-refractivity contribution is -0.141. The number of fused-ring (bicyclic) bond motifs is 1. The summed E-state index contributed by atoms with van der Waals surface area (Å²) in [5.74, 6) is -0.161. The van der Waals surface area contributed by atoms with Gasteiger partial charge in [-0.05, 0) is 85.9 Å². The fourth-order valence-electron chi connectivity index (χ4n) is 5.35. The van der Waals surface area contributed by atoms with Crippen molar-refractivity contribution >= 4 is 28.7 Å². The second kappa shape index (κ2) is 13.5. The zero-order chi connectivity index (χ0) is 28.6. The number of nitrogens with two attached hydrogens (primary N) is 1. The Labute approximate surface area is 235 Å². The molecule has 9 heteroatoms. The molecule has 214 valence electrons. The number of amides is 2. The van der Waals surface area contributed by atoms with Gasteiger partial charge < -0.3 is 30.8 Å². The largest absolute Gasteiger partial charge is 0.494 e. The van der Waals surface area contributed by atoms with Crippen molar-refractivity contribution in [1.82, 2.24) is 15.2 Å². The molecule has 40 heavy (non-hydrogen) atoms. The van der Waals surface area contributed by atoms with Crippen molar-refractivity contribution in [3.05, 3.63) is 64.8 Å². The van der Waals surface area contributed by atoms with Crippen LogP contribution in [-0.4, -0.2) is 58.5 Å². The normalized spacial score (nSPS) is 16.1. The molecule has 2 aromatic carbocycles. The minimum Gasteiger partial charge on any atom is -0.494 e. The van der Waals surface area contributed by atoms with Crippen molar-refractivity contribution in [3.8, 4) is 5.75 Å². The molecule has 1 aliphatic rings. The molecule has 5 N–H and O–H groups in total. The Kier molecular flexibility index (Phi) is 9.82. The van der Waals surface area contributed by atoms with Crippen LogP contribution in [-0.2, 0) is 27.3 Å². The molecule has 0 aliphatic carbocycles. The lowest BCUT2D eigenvalue weighted by Gasteiger charge is -2.32. The average Bonchev–Trinajstić information content (AvgIpc) is 3.35. The van der Waals surface area contributed by atoms with Gasteiger partial charge in [-0.15, -0.1) is 0 Å². The molecule has 0 radical (unpaired) electrons. The van der Waals surface area contributed by atoms with E-state index in [1.165, 1.54) is 0 Å². The van der Waals surface area contributed by atoms with E-state index in [2.05, 4.69) is 10.3 Å². The number of piperidine rings is 1. The highest BCUT2D eigenvalue weighted by atomic mass is 16.5. The predicted molar refractivity (Wildman–Crippen MR) is 154 cm³/mol. The minimum absolute atomic E-state index is 0.0500. The SMILES string of the molecule is Cc1cc(OCCC2CCCN(C(=O)CCC(=O)O)C2)cc(CNC(=O)C(N)Cc2c[nH]c3ccccc23)c1C. The number of H-pyrrole nitrogens is 1. The number of aliphatic carboxylic acids is 1. The number of carbonyl (C=O) groups is 3. The fourth-order valence-corrected chi connectivity index (χ4v) is 5.35. The number of nitrogens with one attached hydrogen (secondary N) is 2. The quantitative estimate of drug-likeness (QED) is 0.271. The number of para-hydroxylation sites is 1. The molecule has 9 nitrogen and oxygen atoms in total. The van der Waals surface area contributed by atoms with E-state index in [1.54, 1.807) is 4.90 Å². The molecule has 1 fully saturated rings. The van der Waals surface area contributed by atoms with Crippen LogP contribution in [0.4, 0.5) is 0 Å². The summed E-state index contributed by atoms with van der Waals surface area (Å²) in [6.45, 7) is 6.27. The van der Waals surface area contributed by atoms with Gasteiger partial charge in [0.05, 0.1) is 19.1 Å². The van der Waals surface area contributed by atoms with Crippen LogP contribution in [0, 0.1) is 19.8 Å². The maximum absolute atomic E-state index is 12.8. The van der Waals surface area contributed by atoms with Gasteiger partial charge in [0.2, 0.25) is 11.8 Å². The van der Waals surface area contributed by atoms with Crippen LogP contribution >= 0.6 is 0 Å². The topological polar surface area (TPSA) is 138 Å². The van der Waals surface area contributed by atoms with Crippen molar-refractivity contribution in [2.24, 2.45) is 11.7 Å². The highest BCUT2D eigenvalue weighted by Gasteiger charge is 2.24. The second-order valence-electron chi connectivity index (χ2n) is 10.8. The molecule has 4 rings (SSSR count). The summed E-state index contributed by atoms with van der Waals surface area (Å²) in [6.07, 6.45) is 5.02. The summed E-state index contributed by atoms with van der Waals surface area (Å²) in [5, 5.41) is 12.9. The smallest absolute Gasteiger partial charge is 0.303 e. The van der Waals surface area contributed by atoms with E-state index < -0.39 is 12.0 Å². The first-order valence-electron chi connectivity index (χ1n) is 14.0. The summed E-state index contributed by atoms with van der Waals surface area (Å²) >= 11 is 0. The van der Waals surface area contributed by atoms with E-state index in [0.29, 0.717) is 38.6 Å². The molecule has 1 saturated heterocycles. The maximum atomic E-state index is 12.8. The Balaban J connectivity index is 1.27. The number of aryl methyl sites for hydroxylation is 1. The number of carboxylic acid groups (broad SMARTS) is 1. The van der Waals surface area contributed by atoms with Gasteiger partial charge in [0.1, 0.15) is 5.75 Å². The van der Waals surface area contributed by atoms with E-state index >= 15 is 0 Å². The molecule has 2 heterocycles. The number of likely N-dealkylation sites (tertiary alicyclic amines) is 1. The van der Waals surface area contributed by atoms with Gasteiger partial charge in [-0.3, -0.25) is 14.4 Å². The monoisotopic (exact) mass is 548 g/mol. The first-order valence-corrected chi connectivity index (χ1v) is 14.0. The van der Waals surface area contributed by atoms with Crippen molar-refractivity contribution in [3.63, 3.8) is 0 Å². The lowest BCUT2D eigenvalue weighted by atomic mass is 9.95. The van der Waals surface area contributed by atoms with E-state index in [1.807, 2.05) is 56.4 Å². The lowest BCUT2D eigenvalue weighted by Crippen LogP contribution is -2.41. The number of hydrogen-bond acceptors (Lipinski definition) is 5. The van der Waals surface area contributed by atoms with Crippen LogP contribution in [0.2, 0.25) is 0 Å². The molecule has 0 bridgehead atoms. The van der Waals surface area contributed by atoms with Gasteiger partial charge in [0.15, 0.2) is 0 Å². The maximum Gasteiger partial charge on any atom is 0.303 e. The van der Waals surface area contributed by atoms with Gasteiger partial charge in [-0.25, -0.2) is 0 Å². The van der Waals surface area contributed by atoms with Crippen LogP contribution < -0.4 is 15.8 Å². The predicted octanol–water partition coefficient (Wildman–Crippen LogP) is 3.84. The molecule has 3 aromatic rings. The molecule has 1 aromatic heterocycles. The number of ether oxygens (including phenoxy) is 1. The highest BCUT2D eigenvalue weighted by molar-refractivity contribution is 5.86. The number of carboxylic acids is 1. The van der Waals surface area contributed by atoms with E-state index in [4.69, 9.17) is 15.6 Å². The number of hydrogen-bond donors (Lipinski definition) is 4. The van der Waals surface area contributed by atoms with Gasteiger partial charge in [-0.1, -0.05) is 18.2 Å². The Morgan fingerprint density at radius 3 is 2.77 bits per heavy atom. The van der Waals surface area contributed by atoms with Gasteiger partial charge in [0, 0.05) is 43.2 Å². The summed E-state index contributed by atoms with van der Waals surface area (Å²) < 4.78 is 6.10. The summed E-state index contributed by atoms with van der Waals surface area (Å²) in [4.78, 5) is 40.9. The molecular formula is C31H40N4O5. The zero-order valence-corrected chi connectivity index (χ0v) is 23.4. The minimum atomic E-state index is -0.948. The Bertz CT molecular complexity index is 1350. The standard InChI is InChI=1S/C31H40N4O5/c1-20-14-25(40-13-11-22-6-5-12-35(19-22)29(36)9-10-30(37)38)15-23(21(20)2)17-34-31(39)27(32)16-24-18-33-28-8-4-3-7-26(24)28/h3-4,7-8,14-15,18,22,27,33H,5-6,9-13,16-17,19,32H2,1-2H3,(H,34,39)(H,37,38). The number of nitrogens with zero attached hydrogens (tertiary/aromatic N) is 1. The van der Waals surface area contributed by atoms with Crippen molar-refractivity contribution in [1.29, 1.82) is 0 Å². The zero-order valence-electron chi connectivity index (χ0n) is 23.4. The van der Waals surface area contributed by atoms with Gasteiger partial charge in [-0.2, -0.15) is 0 Å². The first kappa shape index (κ1) is 29.1. The number of benzene rings is 2.